The first-order valence-corrected chi connectivity index (χ1v) is 9.12. The number of anilines is 1. The van der Waals surface area contributed by atoms with Crippen molar-refractivity contribution in [3.05, 3.63) is 54.0 Å². The molecule has 1 aromatic heterocycles. The molecule has 0 amide bonds. The number of rotatable bonds is 7. The van der Waals surface area contributed by atoms with Crippen molar-refractivity contribution in [3.63, 3.8) is 0 Å². The van der Waals surface area contributed by atoms with Crippen LogP contribution < -0.4 is 5.32 Å². The Kier molecular flexibility index (Phi) is 6.85. The molecule has 24 heavy (non-hydrogen) atoms. The minimum atomic E-state index is 0.105. The highest BCUT2D eigenvalue weighted by molar-refractivity contribution is 7.80. The van der Waals surface area contributed by atoms with Crippen LogP contribution in [0.3, 0.4) is 0 Å². The van der Waals surface area contributed by atoms with Gasteiger partial charge < -0.3 is 14.6 Å². The summed E-state index contributed by atoms with van der Waals surface area (Å²) in [5, 5.41) is 4.14. The van der Waals surface area contributed by atoms with Gasteiger partial charge in [0.05, 0.1) is 12.3 Å². The van der Waals surface area contributed by atoms with E-state index in [4.69, 9.17) is 16.6 Å². The second kappa shape index (κ2) is 8.88. The maximum Gasteiger partial charge on any atom is 0.174 e. The second-order valence-corrected chi connectivity index (χ2v) is 6.94. The van der Waals surface area contributed by atoms with E-state index < -0.39 is 0 Å². The topological polar surface area (TPSA) is 28.4 Å². The van der Waals surface area contributed by atoms with E-state index in [0.29, 0.717) is 5.92 Å². The van der Waals surface area contributed by atoms with E-state index in [-0.39, 0.29) is 6.04 Å². The van der Waals surface area contributed by atoms with E-state index in [9.17, 15) is 0 Å². The van der Waals surface area contributed by atoms with Crippen molar-refractivity contribution < 1.29 is 4.42 Å². The summed E-state index contributed by atoms with van der Waals surface area (Å²) in [6.45, 7) is 9.66. The smallest absolute Gasteiger partial charge is 0.174 e. The van der Waals surface area contributed by atoms with Crippen LogP contribution in [0.15, 0.2) is 47.1 Å². The largest absolute Gasteiger partial charge is 0.467 e. The van der Waals surface area contributed by atoms with Gasteiger partial charge in [-0.25, -0.2) is 0 Å². The van der Waals surface area contributed by atoms with Crippen LogP contribution in [0.5, 0.6) is 0 Å². The summed E-state index contributed by atoms with van der Waals surface area (Å²) in [7, 11) is 0. The first kappa shape index (κ1) is 18.5. The predicted octanol–water partition coefficient (Wildman–Crippen LogP) is 5.65. The number of hydrogen-bond donors (Lipinski definition) is 1. The lowest BCUT2D eigenvalue weighted by Gasteiger charge is -2.31. The molecule has 0 saturated carbocycles. The van der Waals surface area contributed by atoms with Gasteiger partial charge in [-0.2, -0.15) is 0 Å². The average Bonchev–Trinajstić information content (AvgIpc) is 3.09. The highest BCUT2D eigenvalue weighted by Crippen LogP contribution is 2.23. The van der Waals surface area contributed by atoms with Crippen LogP contribution in [-0.2, 0) is 6.42 Å². The molecule has 0 radical (unpaired) electrons. The molecule has 130 valence electrons. The van der Waals surface area contributed by atoms with Gasteiger partial charge in [-0.1, -0.05) is 32.9 Å². The van der Waals surface area contributed by atoms with E-state index in [1.165, 1.54) is 5.56 Å². The molecule has 1 atom stereocenters. The summed E-state index contributed by atoms with van der Waals surface area (Å²) in [4.78, 5) is 2.22. The van der Waals surface area contributed by atoms with Gasteiger partial charge in [0.1, 0.15) is 5.76 Å². The van der Waals surface area contributed by atoms with Crippen LogP contribution in [-0.4, -0.2) is 16.6 Å². The predicted molar refractivity (Wildman–Crippen MR) is 105 cm³/mol. The first-order chi connectivity index (χ1) is 11.5. The molecule has 0 aliphatic carbocycles. The third-order valence-electron chi connectivity index (χ3n) is 4.22. The van der Waals surface area contributed by atoms with Crippen LogP contribution in [0.4, 0.5) is 5.69 Å². The standard InChI is InChI=1S/C20H28N2OS/c1-5-17-8-6-9-18(14-17)21-20(24)22(12-11-15(2)3)16(4)19-10-7-13-23-19/h6-10,13-16H,5,11-12H2,1-4H3,(H,21,24)/t16-/m0/s1. The highest BCUT2D eigenvalue weighted by atomic mass is 32.1. The van der Waals surface area contributed by atoms with Gasteiger partial charge >= 0.3 is 0 Å². The fourth-order valence-corrected chi connectivity index (χ4v) is 2.98. The zero-order valence-electron chi connectivity index (χ0n) is 15.1. The SMILES string of the molecule is CCc1cccc(NC(=S)N(CCC(C)C)[C@@H](C)c2ccco2)c1. The molecule has 1 heterocycles. The van der Waals surface area contributed by atoms with Gasteiger partial charge in [0.25, 0.3) is 0 Å². The van der Waals surface area contributed by atoms with Crippen LogP contribution in [0.25, 0.3) is 0 Å². The number of nitrogens with one attached hydrogen (secondary N) is 1. The maximum atomic E-state index is 5.71. The molecule has 4 heteroatoms. The molecule has 0 unspecified atom stereocenters. The molecule has 0 aliphatic heterocycles. The summed E-state index contributed by atoms with van der Waals surface area (Å²) in [6, 6.07) is 12.5. The van der Waals surface area contributed by atoms with Crippen molar-refractivity contribution in [1.82, 2.24) is 4.90 Å². The van der Waals surface area contributed by atoms with Gasteiger partial charge in [0.2, 0.25) is 0 Å². The van der Waals surface area contributed by atoms with E-state index in [1.807, 2.05) is 12.1 Å². The lowest BCUT2D eigenvalue weighted by Crippen LogP contribution is -2.38. The van der Waals surface area contributed by atoms with Crippen molar-refractivity contribution in [2.75, 3.05) is 11.9 Å². The molecular formula is C20H28N2OS. The lowest BCUT2D eigenvalue weighted by atomic mass is 10.1. The Bertz CT molecular complexity index is 637. The van der Waals surface area contributed by atoms with Crippen LogP contribution >= 0.6 is 12.2 Å². The van der Waals surface area contributed by atoms with E-state index in [2.05, 4.69) is 62.2 Å². The molecule has 0 saturated heterocycles. The van der Waals surface area contributed by atoms with Gasteiger partial charge in [-0.05, 0) is 67.7 Å². The minimum absolute atomic E-state index is 0.105. The summed E-state index contributed by atoms with van der Waals surface area (Å²) >= 11 is 5.71. The molecular weight excluding hydrogens is 316 g/mol. The molecule has 0 spiro atoms. The summed E-state index contributed by atoms with van der Waals surface area (Å²) in [5.41, 5.74) is 2.34. The zero-order valence-corrected chi connectivity index (χ0v) is 15.9. The first-order valence-electron chi connectivity index (χ1n) is 8.71. The Labute approximate surface area is 151 Å². The zero-order chi connectivity index (χ0) is 17.5. The van der Waals surface area contributed by atoms with E-state index in [1.54, 1.807) is 6.26 Å². The highest BCUT2D eigenvalue weighted by Gasteiger charge is 2.21. The molecule has 0 aliphatic rings. The normalized spacial score (nSPS) is 12.2. The third-order valence-corrected chi connectivity index (χ3v) is 4.55. The van der Waals surface area contributed by atoms with Gasteiger partial charge in [-0.15, -0.1) is 0 Å². The second-order valence-electron chi connectivity index (χ2n) is 6.55. The lowest BCUT2D eigenvalue weighted by molar-refractivity contribution is 0.281. The molecule has 0 bridgehead atoms. The van der Waals surface area contributed by atoms with Crippen molar-refractivity contribution in [2.45, 2.75) is 46.6 Å². The Morgan fingerprint density at radius 2 is 2.00 bits per heavy atom. The van der Waals surface area contributed by atoms with Gasteiger partial charge in [0, 0.05) is 12.2 Å². The van der Waals surface area contributed by atoms with Crippen molar-refractivity contribution in [1.29, 1.82) is 0 Å². The quantitative estimate of drug-likeness (QED) is 0.657. The number of hydrogen-bond acceptors (Lipinski definition) is 2. The molecule has 1 aromatic carbocycles. The van der Waals surface area contributed by atoms with Crippen molar-refractivity contribution >= 4 is 23.0 Å². The average molecular weight is 345 g/mol. The molecule has 2 aromatic rings. The fraction of sp³-hybridized carbons (Fsp3) is 0.450. The number of aryl methyl sites for hydroxylation is 1. The van der Waals surface area contributed by atoms with Crippen molar-refractivity contribution in [3.8, 4) is 0 Å². The third kappa shape index (κ3) is 5.10. The number of thiocarbonyl (C=S) groups is 1. The van der Waals surface area contributed by atoms with E-state index in [0.717, 1.165) is 35.9 Å². The van der Waals surface area contributed by atoms with Crippen LogP contribution in [0.2, 0.25) is 0 Å². The summed E-state index contributed by atoms with van der Waals surface area (Å²) in [5.74, 6) is 1.56. The Balaban J connectivity index is 2.13. The maximum absolute atomic E-state index is 5.71. The summed E-state index contributed by atoms with van der Waals surface area (Å²) < 4.78 is 5.59. The van der Waals surface area contributed by atoms with Crippen LogP contribution in [0, 0.1) is 5.92 Å². The number of benzene rings is 1. The van der Waals surface area contributed by atoms with Gasteiger partial charge in [0.15, 0.2) is 5.11 Å². The Morgan fingerprint density at radius 3 is 2.62 bits per heavy atom. The molecule has 3 nitrogen and oxygen atoms in total. The van der Waals surface area contributed by atoms with E-state index >= 15 is 0 Å². The van der Waals surface area contributed by atoms with Crippen molar-refractivity contribution in [2.24, 2.45) is 5.92 Å². The fourth-order valence-electron chi connectivity index (χ4n) is 2.62. The number of nitrogens with zero attached hydrogens (tertiary/aromatic N) is 1. The molecule has 0 fully saturated rings. The molecule has 1 N–H and O–H groups in total. The monoisotopic (exact) mass is 344 g/mol. The Morgan fingerprint density at radius 1 is 1.21 bits per heavy atom. The van der Waals surface area contributed by atoms with Gasteiger partial charge in [-0.3, -0.25) is 0 Å². The summed E-state index contributed by atoms with van der Waals surface area (Å²) in [6.07, 6.45) is 3.82. The minimum Gasteiger partial charge on any atom is -0.467 e. The number of furan rings is 1. The molecule has 2 rings (SSSR count). The Hall–Kier alpha value is -1.81. The van der Waals surface area contributed by atoms with Crippen LogP contribution in [0.1, 0.15) is 51.5 Å².